The van der Waals surface area contributed by atoms with E-state index in [4.69, 9.17) is 4.74 Å². The van der Waals surface area contributed by atoms with Gasteiger partial charge in [0, 0.05) is 18.7 Å². The van der Waals surface area contributed by atoms with E-state index in [0.29, 0.717) is 13.0 Å². The van der Waals surface area contributed by atoms with Crippen LogP contribution >= 0.6 is 0 Å². The van der Waals surface area contributed by atoms with Crippen molar-refractivity contribution in [3.63, 3.8) is 0 Å². The molecule has 2 saturated heterocycles. The van der Waals surface area contributed by atoms with Gasteiger partial charge in [0.15, 0.2) is 0 Å². The number of nitrogens with zero attached hydrogens (tertiary/aromatic N) is 1. The van der Waals surface area contributed by atoms with Crippen LogP contribution in [0.1, 0.15) is 12.8 Å². The van der Waals surface area contributed by atoms with Crippen LogP contribution < -0.4 is 15.4 Å². The summed E-state index contributed by atoms with van der Waals surface area (Å²) in [5.41, 5.74) is 0.719. The molecule has 2 aliphatic rings. The van der Waals surface area contributed by atoms with E-state index in [9.17, 15) is 9.59 Å². The van der Waals surface area contributed by atoms with Gasteiger partial charge in [0.2, 0.25) is 5.91 Å². The summed E-state index contributed by atoms with van der Waals surface area (Å²) in [6.45, 7) is 0.678. The molecule has 106 valence electrons. The Morgan fingerprint density at radius 1 is 1.40 bits per heavy atom. The smallest absolute Gasteiger partial charge is 0.322 e. The number of carbonyl (C=O) groups is 2. The molecule has 2 atom stereocenters. The van der Waals surface area contributed by atoms with Gasteiger partial charge < -0.3 is 20.3 Å². The fourth-order valence-corrected chi connectivity index (χ4v) is 2.85. The molecule has 0 bridgehead atoms. The van der Waals surface area contributed by atoms with Crippen molar-refractivity contribution < 1.29 is 14.3 Å². The van der Waals surface area contributed by atoms with E-state index in [2.05, 4.69) is 10.6 Å². The van der Waals surface area contributed by atoms with Gasteiger partial charge in [-0.3, -0.25) is 4.79 Å². The van der Waals surface area contributed by atoms with Crippen molar-refractivity contribution in [3.05, 3.63) is 24.3 Å². The molecular formula is C14H17N3O3. The zero-order valence-electron chi connectivity index (χ0n) is 11.3. The number of anilines is 1. The van der Waals surface area contributed by atoms with Crippen LogP contribution in [0.25, 0.3) is 0 Å². The van der Waals surface area contributed by atoms with Crippen LogP contribution in [0.4, 0.5) is 10.5 Å². The molecule has 6 heteroatoms. The summed E-state index contributed by atoms with van der Waals surface area (Å²) < 4.78 is 5.07. The number of urea groups is 1. The Morgan fingerprint density at radius 2 is 2.15 bits per heavy atom. The van der Waals surface area contributed by atoms with E-state index in [1.807, 2.05) is 0 Å². The zero-order valence-corrected chi connectivity index (χ0v) is 11.3. The molecule has 3 amide bonds. The minimum absolute atomic E-state index is 0.0132. The van der Waals surface area contributed by atoms with E-state index in [-0.39, 0.29) is 24.0 Å². The Labute approximate surface area is 117 Å². The van der Waals surface area contributed by atoms with Crippen LogP contribution in [-0.4, -0.2) is 42.6 Å². The lowest BCUT2D eigenvalue weighted by atomic mass is 10.1. The van der Waals surface area contributed by atoms with Crippen molar-refractivity contribution in [3.8, 4) is 5.75 Å². The second-order valence-electron chi connectivity index (χ2n) is 5.09. The van der Waals surface area contributed by atoms with Crippen LogP contribution in [0.3, 0.4) is 0 Å². The first-order valence-electron chi connectivity index (χ1n) is 6.68. The molecule has 3 rings (SSSR count). The van der Waals surface area contributed by atoms with E-state index in [1.54, 1.807) is 36.3 Å². The first-order chi connectivity index (χ1) is 9.67. The van der Waals surface area contributed by atoms with E-state index in [1.165, 1.54) is 0 Å². The van der Waals surface area contributed by atoms with E-state index >= 15 is 0 Å². The van der Waals surface area contributed by atoms with Crippen LogP contribution in [-0.2, 0) is 4.79 Å². The predicted molar refractivity (Wildman–Crippen MR) is 73.7 cm³/mol. The molecular weight excluding hydrogens is 258 g/mol. The second-order valence-corrected chi connectivity index (χ2v) is 5.09. The SMILES string of the molecule is COc1ccc(NC(=O)N2CCC3NC(=O)CC32)cc1. The Hall–Kier alpha value is -2.24. The molecule has 2 fully saturated rings. The highest BCUT2D eigenvalue weighted by atomic mass is 16.5. The highest BCUT2D eigenvalue weighted by Crippen LogP contribution is 2.26. The molecule has 20 heavy (non-hydrogen) atoms. The summed E-state index contributed by atoms with van der Waals surface area (Å²) in [7, 11) is 1.60. The zero-order chi connectivity index (χ0) is 14.1. The van der Waals surface area contributed by atoms with Gasteiger partial charge >= 0.3 is 6.03 Å². The molecule has 6 nitrogen and oxygen atoms in total. The van der Waals surface area contributed by atoms with Gasteiger partial charge in [0.05, 0.1) is 19.2 Å². The molecule has 2 aliphatic heterocycles. The number of methoxy groups -OCH3 is 1. The number of nitrogens with one attached hydrogen (secondary N) is 2. The van der Waals surface area contributed by atoms with Gasteiger partial charge in [-0.05, 0) is 30.7 Å². The standard InChI is InChI=1S/C14H17N3O3/c1-20-10-4-2-9(3-5-10)15-14(19)17-7-6-11-12(17)8-13(18)16-11/h2-5,11-12H,6-8H2,1H3,(H,15,19)(H,16,18). The van der Waals surface area contributed by atoms with Gasteiger partial charge in [0.1, 0.15) is 5.75 Å². The Bertz CT molecular complexity index is 529. The predicted octanol–water partition coefficient (Wildman–Crippen LogP) is 1.19. The molecule has 2 N–H and O–H groups in total. The number of hydrogen-bond donors (Lipinski definition) is 2. The van der Waals surface area contributed by atoms with Crippen molar-refractivity contribution >= 4 is 17.6 Å². The van der Waals surface area contributed by atoms with E-state index in [0.717, 1.165) is 17.9 Å². The summed E-state index contributed by atoms with van der Waals surface area (Å²) in [6.07, 6.45) is 1.23. The molecule has 1 aromatic carbocycles. The Balaban J connectivity index is 1.65. The van der Waals surface area contributed by atoms with Crippen molar-refractivity contribution in [2.24, 2.45) is 0 Å². The maximum atomic E-state index is 12.3. The Morgan fingerprint density at radius 3 is 2.85 bits per heavy atom. The average molecular weight is 275 g/mol. The minimum Gasteiger partial charge on any atom is -0.497 e. The number of rotatable bonds is 2. The van der Waals surface area contributed by atoms with Crippen LogP contribution in [0.2, 0.25) is 0 Å². The maximum absolute atomic E-state index is 12.3. The fraction of sp³-hybridized carbons (Fsp3) is 0.429. The number of hydrogen-bond acceptors (Lipinski definition) is 3. The molecule has 0 radical (unpaired) electrons. The van der Waals surface area contributed by atoms with Crippen molar-refractivity contribution in [2.75, 3.05) is 19.0 Å². The molecule has 0 spiro atoms. The topological polar surface area (TPSA) is 70.7 Å². The summed E-state index contributed by atoms with van der Waals surface area (Å²) >= 11 is 0. The number of amides is 3. The van der Waals surface area contributed by atoms with Gasteiger partial charge in [0.25, 0.3) is 0 Å². The monoisotopic (exact) mass is 275 g/mol. The minimum atomic E-state index is -0.154. The van der Waals surface area contributed by atoms with Gasteiger partial charge in [-0.1, -0.05) is 0 Å². The first-order valence-corrected chi connectivity index (χ1v) is 6.68. The molecule has 0 aliphatic carbocycles. The summed E-state index contributed by atoms with van der Waals surface area (Å²) in [5, 5.41) is 5.76. The van der Waals surface area contributed by atoms with Crippen LogP contribution in [0, 0.1) is 0 Å². The third-order valence-electron chi connectivity index (χ3n) is 3.89. The van der Waals surface area contributed by atoms with Gasteiger partial charge in [-0.15, -0.1) is 0 Å². The third-order valence-corrected chi connectivity index (χ3v) is 3.89. The summed E-state index contributed by atoms with van der Waals surface area (Å²) in [5.74, 6) is 0.775. The number of ether oxygens (including phenoxy) is 1. The third kappa shape index (κ3) is 2.29. The van der Waals surface area contributed by atoms with Gasteiger partial charge in [-0.25, -0.2) is 4.79 Å². The number of fused-ring (bicyclic) bond motifs is 1. The highest BCUT2D eigenvalue weighted by molar-refractivity contribution is 5.91. The van der Waals surface area contributed by atoms with Crippen LogP contribution in [0.15, 0.2) is 24.3 Å². The lowest BCUT2D eigenvalue weighted by molar-refractivity contribution is -0.119. The summed E-state index contributed by atoms with van der Waals surface area (Å²) in [4.78, 5) is 25.4. The van der Waals surface area contributed by atoms with Crippen LogP contribution in [0.5, 0.6) is 5.75 Å². The lowest BCUT2D eigenvalue weighted by Gasteiger charge is -2.23. The summed E-state index contributed by atoms with van der Waals surface area (Å²) in [6, 6.07) is 7.13. The molecule has 2 unspecified atom stereocenters. The van der Waals surface area contributed by atoms with E-state index < -0.39 is 0 Å². The number of benzene rings is 1. The van der Waals surface area contributed by atoms with Crippen molar-refractivity contribution in [2.45, 2.75) is 24.9 Å². The highest BCUT2D eigenvalue weighted by Gasteiger charge is 2.43. The largest absolute Gasteiger partial charge is 0.497 e. The second kappa shape index (κ2) is 5.03. The van der Waals surface area contributed by atoms with Crippen molar-refractivity contribution in [1.29, 1.82) is 0 Å². The maximum Gasteiger partial charge on any atom is 0.322 e. The lowest BCUT2D eigenvalue weighted by Crippen LogP contribution is -2.41. The van der Waals surface area contributed by atoms with Crippen molar-refractivity contribution in [1.82, 2.24) is 10.2 Å². The Kier molecular flexibility index (Phi) is 3.22. The number of carbonyl (C=O) groups excluding carboxylic acids is 2. The normalized spacial score (nSPS) is 24.2. The first kappa shape index (κ1) is 12.8. The molecule has 2 heterocycles. The molecule has 0 aromatic heterocycles. The fourth-order valence-electron chi connectivity index (χ4n) is 2.85. The van der Waals surface area contributed by atoms with Gasteiger partial charge in [-0.2, -0.15) is 0 Å². The number of likely N-dealkylation sites (tertiary alicyclic amines) is 1. The average Bonchev–Trinajstić information content (AvgIpc) is 2.98. The molecule has 1 aromatic rings. The molecule has 0 saturated carbocycles. The quantitative estimate of drug-likeness (QED) is 0.851.